The highest BCUT2D eigenvalue weighted by molar-refractivity contribution is 5.70. The molecule has 4 heteroatoms. The summed E-state index contributed by atoms with van der Waals surface area (Å²) >= 11 is 0. The highest BCUT2D eigenvalue weighted by Crippen LogP contribution is 2.19. The SMILES string of the molecule is CC(Cc1cccc(N2CCN(C)CC2)c1)C(=O)O. The zero-order valence-corrected chi connectivity index (χ0v) is 11.7. The Morgan fingerprint density at radius 1 is 1.32 bits per heavy atom. The van der Waals surface area contributed by atoms with Crippen LogP contribution in [0.4, 0.5) is 5.69 Å². The lowest BCUT2D eigenvalue weighted by Gasteiger charge is -2.34. The maximum Gasteiger partial charge on any atom is 0.306 e. The summed E-state index contributed by atoms with van der Waals surface area (Å²) in [5, 5.41) is 8.97. The highest BCUT2D eigenvalue weighted by Gasteiger charge is 2.16. The number of piperazine rings is 1. The zero-order valence-electron chi connectivity index (χ0n) is 11.7. The number of hydrogen-bond donors (Lipinski definition) is 1. The number of rotatable bonds is 4. The zero-order chi connectivity index (χ0) is 13.8. The third-order valence-corrected chi connectivity index (χ3v) is 3.74. The van der Waals surface area contributed by atoms with Crippen LogP contribution in [0.15, 0.2) is 24.3 Å². The van der Waals surface area contributed by atoms with Gasteiger partial charge in [0.25, 0.3) is 0 Å². The lowest BCUT2D eigenvalue weighted by Crippen LogP contribution is -2.44. The number of likely N-dealkylation sites (N-methyl/N-ethyl adjacent to an activating group) is 1. The van der Waals surface area contributed by atoms with Crippen LogP contribution in [0.1, 0.15) is 12.5 Å². The standard InChI is InChI=1S/C15H22N2O2/c1-12(15(18)19)10-13-4-3-5-14(11-13)17-8-6-16(2)7-9-17/h3-5,11-12H,6-10H2,1-2H3,(H,18,19). The van der Waals surface area contributed by atoms with Crippen LogP contribution in [0.3, 0.4) is 0 Å². The molecule has 0 amide bonds. The van der Waals surface area contributed by atoms with E-state index < -0.39 is 5.97 Å². The summed E-state index contributed by atoms with van der Waals surface area (Å²) in [5.41, 5.74) is 2.31. The second kappa shape index (κ2) is 6.06. The molecule has 104 valence electrons. The Hall–Kier alpha value is -1.55. The van der Waals surface area contributed by atoms with Gasteiger partial charge in [-0.2, -0.15) is 0 Å². The third-order valence-electron chi connectivity index (χ3n) is 3.74. The fourth-order valence-corrected chi connectivity index (χ4v) is 2.39. The molecule has 0 aliphatic carbocycles. The van der Waals surface area contributed by atoms with E-state index in [-0.39, 0.29) is 5.92 Å². The van der Waals surface area contributed by atoms with Gasteiger partial charge < -0.3 is 14.9 Å². The highest BCUT2D eigenvalue weighted by atomic mass is 16.4. The molecule has 1 fully saturated rings. The van der Waals surface area contributed by atoms with Crippen LogP contribution in [0.2, 0.25) is 0 Å². The number of carboxylic acids is 1. The molecular weight excluding hydrogens is 240 g/mol. The number of hydrogen-bond acceptors (Lipinski definition) is 3. The number of anilines is 1. The van der Waals surface area contributed by atoms with Crippen molar-refractivity contribution in [1.82, 2.24) is 4.90 Å². The van der Waals surface area contributed by atoms with Crippen molar-refractivity contribution in [1.29, 1.82) is 0 Å². The van der Waals surface area contributed by atoms with E-state index in [0.29, 0.717) is 6.42 Å². The van der Waals surface area contributed by atoms with Gasteiger partial charge in [0.15, 0.2) is 0 Å². The van der Waals surface area contributed by atoms with Crippen LogP contribution in [-0.4, -0.2) is 49.2 Å². The molecule has 19 heavy (non-hydrogen) atoms. The van der Waals surface area contributed by atoms with Gasteiger partial charge in [-0.3, -0.25) is 4.79 Å². The van der Waals surface area contributed by atoms with Crippen molar-refractivity contribution in [2.75, 3.05) is 38.1 Å². The molecule has 1 aliphatic heterocycles. The van der Waals surface area contributed by atoms with Crippen molar-refractivity contribution < 1.29 is 9.90 Å². The summed E-state index contributed by atoms with van der Waals surface area (Å²) in [6.45, 7) is 5.99. The summed E-state index contributed by atoms with van der Waals surface area (Å²) < 4.78 is 0. The van der Waals surface area contributed by atoms with Gasteiger partial charge in [-0.25, -0.2) is 0 Å². The van der Waals surface area contributed by atoms with Crippen molar-refractivity contribution in [2.45, 2.75) is 13.3 Å². The molecular formula is C15H22N2O2. The fourth-order valence-electron chi connectivity index (χ4n) is 2.39. The third kappa shape index (κ3) is 3.70. The van der Waals surface area contributed by atoms with E-state index in [0.717, 1.165) is 31.7 Å². The molecule has 0 bridgehead atoms. The van der Waals surface area contributed by atoms with Gasteiger partial charge >= 0.3 is 5.97 Å². The average Bonchev–Trinajstić information content (AvgIpc) is 2.39. The minimum Gasteiger partial charge on any atom is -0.481 e. The molecule has 1 aliphatic rings. The minimum atomic E-state index is -0.731. The Labute approximate surface area is 114 Å². The number of aliphatic carboxylic acids is 1. The summed E-state index contributed by atoms with van der Waals surface area (Å²) in [5.74, 6) is -1.06. The summed E-state index contributed by atoms with van der Waals surface area (Å²) in [7, 11) is 2.14. The van der Waals surface area contributed by atoms with Gasteiger partial charge in [-0.15, -0.1) is 0 Å². The molecule has 1 aromatic carbocycles. The smallest absolute Gasteiger partial charge is 0.306 e. The lowest BCUT2D eigenvalue weighted by molar-refractivity contribution is -0.141. The number of carbonyl (C=O) groups is 1. The minimum absolute atomic E-state index is 0.331. The Morgan fingerprint density at radius 2 is 2.00 bits per heavy atom. The molecule has 1 atom stereocenters. The van der Waals surface area contributed by atoms with Gasteiger partial charge in [-0.1, -0.05) is 19.1 Å². The van der Waals surface area contributed by atoms with E-state index in [2.05, 4.69) is 29.0 Å². The van der Waals surface area contributed by atoms with E-state index in [1.165, 1.54) is 5.69 Å². The second-order valence-electron chi connectivity index (χ2n) is 5.40. The van der Waals surface area contributed by atoms with Gasteiger partial charge in [0.05, 0.1) is 5.92 Å². The average molecular weight is 262 g/mol. The van der Waals surface area contributed by atoms with Crippen molar-refractivity contribution in [3.05, 3.63) is 29.8 Å². The molecule has 1 saturated heterocycles. The Balaban J connectivity index is 2.04. The topological polar surface area (TPSA) is 43.8 Å². The molecule has 2 rings (SSSR count). The predicted octanol–water partition coefficient (Wildman–Crippen LogP) is 1.70. The maximum atomic E-state index is 10.9. The van der Waals surface area contributed by atoms with Crippen LogP contribution >= 0.6 is 0 Å². The van der Waals surface area contributed by atoms with E-state index in [1.54, 1.807) is 6.92 Å². The van der Waals surface area contributed by atoms with Crippen molar-refractivity contribution in [3.63, 3.8) is 0 Å². The second-order valence-corrected chi connectivity index (χ2v) is 5.40. The number of carboxylic acid groups (broad SMARTS) is 1. The molecule has 0 aromatic heterocycles. The first-order chi connectivity index (χ1) is 9.06. The van der Waals surface area contributed by atoms with Crippen LogP contribution < -0.4 is 4.90 Å². The van der Waals surface area contributed by atoms with E-state index in [9.17, 15) is 4.79 Å². The van der Waals surface area contributed by atoms with E-state index in [1.807, 2.05) is 12.1 Å². The quantitative estimate of drug-likeness (QED) is 0.897. The normalized spacial score (nSPS) is 18.3. The summed E-state index contributed by atoms with van der Waals surface area (Å²) in [6, 6.07) is 8.28. The summed E-state index contributed by atoms with van der Waals surface area (Å²) in [6.07, 6.45) is 0.594. The first-order valence-electron chi connectivity index (χ1n) is 6.81. The van der Waals surface area contributed by atoms with Gasteiger partial charge in [0.1, 0.15) is 0 Å². The maximum absolute atomic E-state index is 10.9. The van der Waals surface area contributed by atoms with Gasteiger partial charge in [-0.05, 0) is 31.2 Å². The van der Waals surface area contributed by atoms with Crippen molar-refractivity contribution in [2.24, 2.45) is 5.92 Å². The Bertz CT molecular complexity index is 440. The molecule has 4 nitrogen and oxygen atoms in total. The molecule has 0 saturated carbocycles. The Kier molecular flexibility index (Phi) is 4.43. The largest absolute Gasteiger partial charge is 0.481 e. The monoisotopic (exact) mass is 262 g/mol. The van der Waals surface area contributed by atoms with Gasteiger partial charge in [0, 0.05) is 31.9 Å². The first-order valence-corrected chi connectivity index (χ1v) is 6.81. The Morgan fingerprint density at radius 3 is 2.63 bits per heavy atom. The van der Waals surface area contributed by atoms with Crippen molar-refractivity contribution in [3.8, 4) is 0 Å². The summed E-state index contributed by atoms with van der Waals surface area (Å²) in [4.78, 5) is 15.6. The number of benzene rings is 1. The van der Waals surface area contributed by atoms with Crippen LogP contribution in [0.25, 0.3) is 0 Å². The van der Waals surface area contributed by atoms with E-state index >= 15 is 0 Å². The fraction of sp³-hybridized carbons (Fsp3) is 0.533. The van der Waals surface area contributed by atoms with Gasteiger partial charge in [0.2, 0.25) is 0 Å². The lowest BCUT2D eigenvalue weighted by atomic mass is 10.0. The van der Waals surface area contributed by atoms with Crippen LogP contribution in [0.5, 0.6) is 0 Å². The van der Waals surface area contributed by atoms with Crippen LogP contribution in [-0.2, 0) is 11.2 Å². The molecule has 1 unspecified atom stereocenters. The number of nitrogens with zero attached hydrogens (tertiary/aromatic N) is 2. The molecule has 0 spiro atoms. The predicted molar refractivity (Wildman–Crippen MR) is 76.7 cm³/mol. The van der Waals surface area contributed by atoms with Crippen LogP contribution in [0, 0.1) is 5.92 Å². The van der Waals surface area contributed by atoms with E-state index in [4.69, 9.17) is 5.11 Å². The molecule has 0 radical (unpaired) electrons. The first kappa shape index (κ1) is 13.9. The molecule has 1 heterocycles. The van der Waals surface area contributed by atoms with Crippen molar-refractivity contribution >= 4 is 11.7 Å². The molecule has 1 aromatic rings. The molecule has 1 N–H and O–H groups in total.